The quantitative estimate of drug-likeness (QED) is 0.266. The SMILES string of the molecule is COc1cccc(Nc2nc(C)c(-c3nc4ccccc4s3)c(N[C@@H]3C[C@H](CO)[C@H]4OC(C)(C)O[C@H]43)n2)c1OC. The molecule has 1 aliphatic carbocycles. The number of anilines is 3. The third-order valence-electron chi connectivity index (χ3n) is 7.39. The van der Waals surface area contributed by atoms with Gasteiger partial charge in [0.25, 0.3) is 0 Å². The summed E-state index contributed by atoms with van der Waals surface area (Å²) in [5.41, 5.74) is 3.19. The Kier molecular flexibility index (Phi) is 6.99. The van der Waals surface area contributed by atoms with E-state index in [1.165, 1.54) is 0 Å². The van der Waals surface area contributed by atoms with E-state index in [1.54, 1.807) is 25.6 Å². The molecule has 0 amide bonds. The van der Waals surface area contributed by atoms with Crippen molar-refractivity contribution in [1.82, 2.24) is 15.0 Å². The maximum absolute atomic E-state index is 10.1. The highest BCUT2D eigenvalue weighted by atomic mass is 32.1. The van der Waals surface area contributed by atoms with Crippen molar-refractivity contribution in [3.05, 3.63) is 48.2 Å². The molecular weight excluding hydrogens is 530 g/mol. The van der Waals surface area contributed by atoms with Crippen LogP contribution in [0.15, 0.2) is 42.5 Å². The van der Waals surface area contributed by atoms with Gasteiger partial charge in [-0.2, -0.15) is 4.98 Å². The van der Waals surface area contributed by atoms with E-state index in [2.05, 4.69) is 16.7 Å². The normalized spacial score (nSPS) is 23.2. The average molecular weight is 564 g/mol. The third kappa shape index (κ3) is 4.83. The summed E-state index contributed by atoms with van der Waals surface area (Å²) in [6, 6.07) is 13.5. The maximum Gasteiger partial charge on any atom is 0.229 e. The van der Waals surface area contributed by atoms with Crippen molar-refractivity contribution in [2.75, 3.05) is 31.5 Å². The Bertz CT molecular complexity index is 1510. The number of nitrogens with zero attached hydrogens (tertiary/aromatic N) is 3. The first-order valence-electron chi connectivity index (χ1n) is 13.3. The van der Waals surface area contributed by atoms with Crippen molar-refractivity contribution in [2.24, 2.45) is 5.92 Å². The fraction of sp³-hybridized carbons (Fsp3) is 0.414. The maximum atomic E-state index is 10.1. The minimum atomic E-state index is -0.726. The van der Waals surface area contributed by atoms with E-state index in [1.807, 2.05) is 57.2 Å². The molecule has 10 nitrogen and oxygen atoms in total. The lowest BCUT2D eigenvalue weighted by atomic mass is 10.1. The van der Waals surface area contributed by atoms with Crippen molar-refractivity contribution in [3.63, 3.8) is 0 Å². The number of thiazole rings is 1. The number of aryl methyl sites for hydroxylation is 1. The number of fused-ring (bicyclic) bond motifs is 2. The number of aliphatic hydroxyl groups is 1. The van der Waals surface area contributed by atoms with Gasteiger partial charge in [-0.25, -0.2) is 9.97 Å². The van der Waals surface area contributed by atoms with Gasteiger partial charge in [0, 0.05) is 12.5 Å². The van der Waals surface area contributed by atoms with Crippen molar-refractivity contribution < 1.29 is 24.1 Å². The Morgan fingerprint density at radius 3 is 2.58 bits per heavy atom. The van der Waals surface area contributed by atoms with Crippen LogP contribution in [0.4, 0.5) is 17.5 Å². The van der Waals surface area contributed by atoms with Crippen LogP contribution in [0.5, 0.6) is 11.5 Å². The first kappa shape index (κ1) is 26.7. The molecule has 4 atom stereocenters. The highest BCUT2D eigenvalue weighted by molar-refractivity contribution is 7.21. The molecule has 0 radical (unpaired) electrons. The number of aromatic nitrogens is 3. The molecular formula is C29H33N5O5S. The second kappa shape index (κ2) is 10.5. The molecule has 11 heteroatoms. The van der Waals surface area contributed by atoms with Crippen molar-refractivity contribution in [2.45, 2.75) is 51.2 Å². The summed E-state index contributed by atoms with van der Waals surface area (Å²) >= 11 is 1.60. The van der Waals surface area contributed by atoms with E-state index >= 15 is 0 Å². The molecule has 0 spiro atoms. The lowest BCUT2D eigenvalue weighted by Crippen LogP contribution is -2.35. The summed E-state index contributed by atoms with van der Waals surface area (Å²) in [4.78, 5) is 14.7. The van der Waals surface area contributed by atoms with Crippen LogP contribution in [0.2, 0.25) is 0 Å². The van der Waals surface area contributed by atoms with Gasteiger partial charge in [0.1, 0.15) is 16.9 Å². The molecule has 2 aromatic carbocycles. The number of ether oxygens (including phenoxy) is 4. The molecule has 40 heavy (non-hydrogen) atoms. The third-order valence-corrected chi connectivity index (χ3v) is 8.44. The van der Waals surface area contributed by atoms with Crippen LogP contribution in [-0.2, 0) is 9.47 Å². The van der Waals surface area contributed by atoms with Crippen molar-refractivity contribution in [1.29, 1.82) is 0 Å². The highest BCUT2D eigenvalue weighted by Crippen LogP contribution is 2.44. The summed E-state index contributed by atoms with van der Waals surface area (Å²) < 4.78 is 24.6. The number of aliphatic hydroxyl groups excluding tert-OH is 1. The highest BCUT2D eigenvalue weighted by Gasteiger charge is 2.54. The Balaban J connectivity index is 1.42. The second-order valence-corrected chi connectivity index (χ2v) is 11.5. The topological polar surface area (TPSA) is 120 Å². The zero-order valence-electron chi connectivity index (χ0n) is 23.1. The monoisotopic (exact) mass is 563 g/mol. The second-order valence-electron chi connectivity index (χ2n) is 10.5. The number of hydrogen-bond acceptors (Lipinski definition) is 11. The van der Waals surface area contributed by atoms with Crippen LogP contribution in [0.25, 0.3) is 20.8 Å². The predicted molar refractivity (Wildman–Crippen MR) is 155 cm³/mol. The van der Waals surface area contributed by atoms with Gasteiger partial charge in [-0.3, -0.25) is 0 Å². The number of nitrogens with one attached hydrogen (secondary N) is 2. The number of para-hydroxylation sites is 2. The average Bonchev–Trinajstić information content (AvgIpc) is 3.59. The van der Waals surface area contributed by atoms with E-state index in [9.17, 15) is 5.11 Å². The molecule has 1 aliphatic heterocycles. The number of hydrogen-bond donors (Lipinski definition) is 3. The van der Waals surface area contributed by atoms with Crippen molar-refractivity contribution >= 4 is 39.0 Å². The van der Waals surface area contributed by atoms with Gasteiger partial charge in [-0.15, -0.1) is 11.3 Å². The fourth-order valence-corrected chi connectivity index (χ4v) is 6.72. The van der Waals surface area contributed by atoms with E-state index in [0.717, 1.165) is 26.5 Å². The van der Waals surface area contributed by atoms with Gasteiger partial charge in [0.2, 0.25) is 5.95 Å². The van der Waals surface area contributed by atoms with Gasteiger partial charge in [0.15, 0.2) is 17.3 Å². The molecule has 1 saturated carbocycles. The fourth-order valence-electron chi connectivity index (χ4n) is 5.66. The van der Waals surface area contributed by atoms with Crippen LogP contribution in [0.3, 0.4) is 0 Å². The zero-order valence-corrected chi connectivity index (χ0v) is 23.9. The first-order valence-corrected chi connectivity index (χ1v) is 14.1. The molecule has 2 aromatic heterocycles. The summed E-state index contributed by atoms with van der Waals surface area (Å²) in [5, 5.41) is 17.9. The van der Waals surface area contributed by atoms with Crippen LogP contribution in [-0.4, -0.2) is 64.9 Å². The largest absolute Gasteiger partial charge is 0.493 e. The molecule has 2 aliphatic rings. The molecule has 6 rings (SSSR count). The molecule has 2 fully saturated rings. The van der Waals surface area contributed by atoms with E-state index in [0.29, 0.717) is 35.4 Å². The Morgan fingerprint density at radius 2 is 1.82 bits per heavy atom. The Labute approximate surface area is 236 Å². The summed E-state index contributed by atoms with van der Waals surface area (Å²) in [7, 11) is 3.19. The van der Waals surface area contributed by atoms with Gasteiger partial charge in [0.05, 0.1) is 53.5 Å². The molecule has 0 unspecified atom stereocenters. The number of methoxy groups -OCH3 is 2. The molecule has 210 valence electrons. The standard InChI is InChI=1S/C29H33N5O5S/c1-15-22(27-32-17-9-6-7-12-21(17)40-27)26(31-19-13-16(14-35)23-25(19)39-29(2,3)38-23)34-28(30-15)33-18-10-8-11-20(36-4)24(18)37-5/h6-12,16,19,23,25,35H,13-14H2,1-5H3,(H2,30,31,33,34)/t16-,19-,23-,25+/m1/s1. The van der Waals surface area contributed by atoms with E-state index in [4.69, 9.17) is 33.9 Å². The Morgan fingerprint density at radius 1 is 1.02 bits per heavy atom. The molecule has 3 heterocycles. The van der Waals surface area contributed by atoms with Crippen molar-refractivity contribution in [3.8, 4) is 22.1 Å². The van der Waals surface area contributed by atoms with E-state index in [-0.39, 0.29) is 30.8 Å². The zero-order chi connectivity index (χ0) is 28.0. The predicted octanol–water partition coefficient (Wildman–Crippen LogP) is 5.14. The van der Waals surface area contributed by atoms with Crippen LogP contribution < -0.4 is 20.1 Å². The molecule has 1 saturated heterocycles. The van der Waals surface area contributed by atoms with Gasteiger partial charge in [-0.1, -0.05) is 18.2 Å². The first-order chi connectivity index (χ1) is 19.3. The number of rotatable bonds is 8. The minimum Gasteiger partial charge on any atom is -0.493 e. The Hall–Kier alpha value is -3.51. The van der Waals surface area contributed by atoms with E-state index < -0.39 is 5.79 Å². The lowest BCUT2D eigenvalue weighted by Gasteiger charge is -2.25. The number of benzene rings is 2. The molecule has 3 N–H and O–H groups in total. The minimum absolute atomic E-state index is 0.0226. The summed E-state index contributed by atoms with van der Waals surface area (Å²) in [5.74, 6) is 1.41. The van der Waals surface area contributed by atoms with Crippen LogP contribution >= 0.6 is 11.3 Å². The van der Waals surface area contributed by atoms with Gasteiger partial charge in [-0.05, 0) is 51.5 Å². The van der Waals surface area contributed by atoms with Crippen LogP contribution in [0.1, 0.15) is 26.0 Å². The van der Waals surface area contributed by atoms with Gasteiger partial charge < -0.3 is 34.7 Å². The smallest absolute Gasteiger partial charge is 0.229 e. The molecule has 4 aromatic rings. The van der Waals surface area contributed by atoms with Gasteiger partial charge >= 0.3 is 0 Å². The summed E-state index contributed by atoms with van der Waals surface area (Å²) in [6.07, 6.45) is 0.238. The lowest BCUT2D eigenvalue weighted by molar-refractivity contribution is -0.158. The molecule has 0 bridgehead atoms. The summed E-state index contributed by atoms with van der Waals surface area (Å²) in [6.45, 7) is 5.78. The van der Waals surface area contributed by atoms with Crippen LogP contribution in [0, 0.1) is 12.8 Å².